The van der Waals surface area contributed by atoms with Crippen LogP contribution in [0.2, 0.25) is 0 Å². The van der Waals surface area contributed by atoms with Gasteiger partial charge in [-0.3, -0.25) is 4.79 Å². The molecule has 1 unspecified atom stereocenters. The van der Waals surface area contributed by atoms with Gasteiger partial charge in [-0.05, 0) is 34.9 Å². The molecule has 0 bridgehead atoms. The average Bonchev–Trinajstić information content (AvgIpc) is 2.91. The molecule has 1 atom stereocenters. The average molecular weight is 264 g/mol. The topological polar surface area (TPSA) is 46.5 Å². The minimum Gasteiger partial charge on any atom is -0.508 e. The van der Waals surface area contributed by atoms with Gasteiger partial charge in [-0.1, -0.05) is 24.3 Å². The number of hydrogen-bond donors (Lipinski definition) is 2. The monoisotopic (exact) mass is 264 g/mol. The fourth-order valence-electron chi connectivity index (χ4n) is 1.86. The Balaban J connectivity index is 2.14. The number of esters is 1. The molecule has 1 aromatic rings. The molecule has 2 rings (SSSR count). The van der Waals surface area contributed by atoms with Crippen molar-refractivity contribution in [2.24, 2.45) is 0 Å². The number of benzene rings is 1. The van der Waals surface area contributed by atoms with Crippen LogP contribution in [0.5, 0.6) is 5.75 Å². The smallest absolute Gasteiger partial charge is 0.317 e. The Morgan fingerprint density at radius 3 is 2.44 bits per heavy atom. The minimum atomic E-state index is -0.583. The van der Waals surface area contributed by atoms with Crippen molar-refractivity contribution >= 4 is 16.9 Å². The molecule has 1 aromatic carbocycles. The van der Waals surface area contributed by atoms with Gasteiger partial charge in [-0.25, -0.2) is 0 Å². The first-order chi connectivity index (χ1) is 8.70. The fraction of sp³-hybridized carbons (Fsp3) is 0.214. The summed E-state index contributed by atoms with van der Waals surface area (Å²) in [5.41, 5.74) is 1.03. The zero-order valence-corrected chi connectivity index (χ0v) is 11.0. The van der Waals surface area contributed by atoms with Crippen LogP contribution in [0.1, 0.15) is 5.56 Å². The lowest BCUT2D eigenvalue weighted by Crippen LogP contribution is -2.23. The van der Waals surface area contributed by atoms with Crippen LogP contribution in [0.4, 0.5) is 0 Å². The first-order valence-electron chi connectivity index (χ1n) is 5.69. The van der Waals surface area contributed by atoms with Crippen molar-refractivity contribution in [1.29, 1.82) is 0 Å². The van der Waals surface area contributed by atoms with Gasteiger partial charge in [-0.2, -0.15) is 10.9 Å². The van der Waals surface area contributed by atoms with Crippen LogP contribution in [0.15, 0.2) is 47.2 Å². The molecule has 18 heavy (non-hydrogen) atoms. The van der Waals surface area contributed by atoms with Crippen LogP contribution in [0.25, 0.3) is 0 Å². The molecule has 0 aliphatic carbocycles. The highest BCUT2D eigenvalue weighted by Gasteiger charge is 2.24. The first kappa shape index (κ1) is 12.8. The van der Waals surface area contributed by atoms with Crippen molar-refractivity contribution in [2.45, 2.75) is 11.7 Å². The van der Waals surface area contributed by atoms with E-state index in [0.29, 0.717) is 6.42 Å². The van der Waals surface area contributed by atoms with E-state index < -0.39 is 10.9 Å². The second kappa shape index (κ2) is 5.78. The third-order valence-corrected chi connectivity index (χ3v) is 4.97. The van der Waals surface area contributed by atoms with E-state index in [4.69, 9.17) is 4.74 Å². The summed E-state index contributed by atoms with van der Waals surface area (Å²) in [5, 5.41) is 13.2. The van der Waals surface area contributed by atoms with Crippen LogP contribution in [0.3, 0.4) is 0 Å². The molecule has 1 heterocycles. The van der Waals surface area contributed by atoms with Crippen LogP contribution in [0, 0.1) is 0 Å². The van der Waals surface area contributed by atoms with Crippen LogP contribution in [-0.4, -0.2) is 23.4 Å². The number of ether oxygens (including phenoxy) is 1. The molecule has 3 nitrogen and oxygen atoms in total. The largest absolute Gasteiger partial charge is 0.508 e. The third kappa shape index (κ3) is 2.96. The van der Waals surface area contributed by atoms with E-state index in [0.717, 1.165) is 5.56 Å². The summed E-state index contributed by atoms with van der Waals surface area (Å²) in [6, 6.07) is 6.95. The quantitative estimate of drug-likeness (QED) is 0.649. The molecule has 0 aromatic heterocycles. The molecule has 1 aliphatic heterocycles. The van der Waals surface area contributed by atoms with Gasteiger partial charge < -0.3 is 9.84 Å². The molecule has 0 fully saturated rings. The van der Waals surface area contributed by atoms with Crippen molar-refractivity contribution < 1.29 is 14.6 Å². The SMILES string of the molecule is COC(=O)C(Cc1ccc(O)cc1)[SH]1C=CC=C1. The molecule has 0 amide bonds. The summed E-state index contributed by atoms with van der Waals surface area (Å²) >= 11 is 0. The normalized spacial score (nSPS) is 16.8. The molecule has 0 saturated carbocycles. The van der Waals surface area contributed by atoms with E-state index in [9.17, 15) is 9.90 Å². The molecular formula is C14H16O3S. The second-order valence-corrected chi connectivity index (χ2v) is 6.15. The van der Waals surface area contributed by atoms with E-state index in [-0.39, 0.29) is 17.0 Å². The Morgan fingerprint density at radius 2 is 1.89 bits per heavy atom. The molecule has 96 valence electrons. The number of carbonyl (C=O) groups is 1. The van der Waals surface area contributed by atoms with Crippen LogP contribution >= 0.6 is 10.9 Å². The van der Waals surface area contributed by atoms with Gasteiger partial charge in [-0.15, -0.1) is 0 Å². The number of methoxy groups -OCH3 is 1. The fourth-order valence-corrected chi connectivity index (χ4v) is 3.74. The summed E-state index contributed by atoms with van der Waals surface area (Å²) in [6.07, 6.45) is 4.57. The number of rotatable bonds is 4. The maximum Gasteiger partial charge on any atom is 0.317 e. The Morgan fingerprint density at radius 1 is 1.28 bits per heavy atom. The van der Waals surface area contributed by atoms with Crippen molar-refractivity contribution in [1.82, 2.24) is 0 Å². The highest BCUT2D eigenvalue weighted by molar-refractivity contribution is 8.23. The maximum atomic E-state index is 11.8. The summed E-state index contributed by atoms with van der Waals surface area (Å²) in [4.78, 5) is 11.8. The predicted octanol–water partition coefficient (Wildman–Crippen LogP) is 2.52. The summed E-state index contributed by atoms with van der Waals surface area (Å²) in [6.45, 7) is 0. The molecule has 1 aliphatic rings. The molecule has 0 saturated heterocycles. The van der Waals surface area contributed by atoms with E-state index in [2.05, 4.69) is 10.8 Å². The zero-order chi connectivity index (χ0) is 13.0. The number of allylic oxidation sites excluding steroid dienone is 2. The predicted molar refractivity (Wildman–Crippen MR) is 74.9 cm³/mol. The molecule has 0 spiro atoms. The lowest BCUT2D eigenvalue weighted by molar-refractivity contribution is -0.139. The Kier molecular flexibility index (Phi) is 4.10. The molecular weight excluding hydrogens is 248 g/mol. The van der Waals surface area contributed by atoms with Crippen LogP contribution < -0.4 is 0 Å². The van der Waals surface area contributed by atoms with Crippen molar-refractivity contribution in [2.75, 3.05) is 7.11 Å². The van der Waals surface area contributed by atoms with Gasteiger partial charge in [0, 0.05) is 0 Å². The molecule has 1 N–H and O–H groups in total. The first-order valence-corrected chi connectivity index (χ1v) is 7.24. The summed E-state index contributed by atoms with van der Waals surface area (Å²) < 4.78 is 4.88. The Labute approximate surface area is 109 Å². The van der Waals surface area contributed by atoms with Gasteiger partial charge in [0.25, 0.3) is 0 Å². The van der Waals surface area contributed by atoms with Crippen molar-refractivity contribution in [3.05, 3.63) is 52.8 Å². The number of phenolic OH excluding ortho intramolecular Hbond substituents is 1. The number of aromatic hydroxyl groups is 1. The van der Waals surface area contributed by atoms with Gasteiger partial charge in [0.15, 0.2) is 0 Å². The van der Waals surface area contributed by atoms with Crippen molar-refractivity contribution in [3.63, 3.8) is 0 Å². The van der Waals surface area contributed by atoms with E-state index in [1.54, 1.807) is 12.1 Å². The van der Waals surface area contributed by atoms with Gasteiger partial charge in [0.05, 0.1) is 12.4 Å². The second-order valence-electron chi connectivity index (χ2n) is 4.04. The van der Waals surface area contributed by atoms with Gasteiger partial charge >= 0.3 is 5.97 Å². The van der Waals surface area contributed by atoms with Crippen LogP contribution in [-0.2, 0) is 16.0 Å². The van der Waals surface area contributed by atoms with Gasteiger partial charge in [0.1, 0.15) is 5.75 Å². The highest BCUT2D eigenvalue weighted by Crippen LogP contribution is 2.40. The van der Waals surface area contributed by atoms with E-state index in [1.807, 2.05) is 24.3 Å². The summed E-state index contributed by atoms with van der Waals surface area (Å²) in [7, 11) is 0.838. The van der Waals surface area contributed by atoms with Crippen molar-refractivity contribution in [3.8, 4) is 5.75 Å². The number of hydrogen-bond acceptors (Lipinski definition) is 3. The minimum absolute atomic E-state index is 0.149. The lowest BCUT2D eigenvalue weighted by Gasteiger charge is -2.21. The number of carbonyl (C=O) groups excluding carboxylic acids is 1. The maximum absolute atomic E-state index is 11.8. The van der Waals surface area contributed by atoms with E-state index >= 15 is 0 Å². The van der Waals surface area contributed by atoms with E-state index in [1.165, 1.54) is 7.11 Å². The molecule has 4 heteroatoms. The number of phenols is 1. The molecule has 0 radical (unpaired) electrons. The number of thiol groups is 1. The zero-order valence-electron chi connectivity index (χ0n) is 10.1. The highest BCUT2D eigenvalue weighted by atomic mass is 32.2. The summed E-state index contributed by atoms with van der Waals surface area (Å²) in [5.74, 6) is 0.0603. The Bertz CT molecular complexity index is 464. The lowest BCUT2D eigenvalue weighted by atomic mass is 10.1. The van der Waals surface area contributed by atoms with Gasteiger partial charge in [0.2, 0.25) is 0 Å². The Hall–Kier alpha value is -1.68. The standard InChI is InChI=1S/C14H16O3S/c1-17-14(16)13(18-8-2-3-9-18)10-11-4-6-12(15)7-5-11/h2-9,13,15,18H,10H2,1H3. The third-order valence-electron chi connectivity index (χ3n) is 2.83.